The van der Waals surface area contributed by atoms with Gasteiger partial charge in [-0.1, -0.05) is 0 Å². The van der Waals surface area contributed by atoms with Crippen LogP contribution in [0, 0.1) is 0 Å². The van der Waals surface area contributed by atoms with Gasteiger partial charge in [0.15, 0.2) is 0 Å². The average Bonchev–Trinajstić information content (AvgIpc) is 2.84. The van der Waals surface area contributed by atoms with Crippen molar-refractivity contribution in [1.82, 2.24) is 0 Å². The number of quaternary nitrogens is 1. The van der Waals surface area contributed by atoms with Gasteiger partial charge in [-0.25, -0.2) is 4.79 Å². The molecule has 0 spiro atoms. The van der Waals surface area contributed by atoms with Gasteiger partial charge in [-0.3, -0.25) is 0 Å². The number of nitrogens with one attached hydrogen (secondary N) is 1. The molecule has 2 bridgehead atoms. The quantitative estimate of drug-likeness (QED) is 0.797. The smallest absolute Gasteiger partial charge is 0.374 e. The molecule has 1 aromatic rings. The summed E-state index contributed by atoms with van der Waals surface area (Å²) in [6, 6.07) is 4.69. The molecule has 2 aliphatic heterocycles. The first-order valence-corrected chi connectivity index (χ1v) is 6.82. The zero-order valence-corrected chi connectivity index (χ0v) is 10.7. The van der Waals surface area contributed by atoms with E-state index in [1.165, 1.54) is 25.5 Å². The fourth-order valence-electron chi connectivity index (χ4n) is 3.44. The lowest BCUT2D eigenvalue weighted by Crippen LogP contribution is -3.18. The molecular weight excluding hydrogens is 230 g/mol. The van der Waals surface area contributed by atoms with Crippen molar-refractivity contribution in [3.05, 3.63) is 24.2 Å². The molecule has 3 rings (SSSR count). The normalized spacial score (nSPS) is 35.2. The number of rotatable bonds is 2. The Bertz CT molecular complexity index is 401. The monoisotopic (exact) mass is 250 g/mol. The van der Waals surface area contributed by atoms with Gasteiger partial charge >= 0.3 is 5.97 Å². The van der Waals surface area contributed by atoms with Crippen molar-refractivity contribution < 1.29 is 18.8 Å². The topological polar surface area (TPSA) is 43.9 Å². The number of piperidine rings is 2. The molecule has 0 saturated carbocycles. The highest BCUT2D eigenvalue weighted by atomic mass is 16.6. The molecule has 1 aromatic heterocycles. The van der Waals surface area contributed by atoms with Crippen molar-refractivity contribution in [2.24, 2.45) is 0 Å². The third-order valence-corrected chi connectivity index (χ3v) is 4.48. The van der Waals surface area contributed by atoms with E-state index in [9.17, 15) is 4.79 Å². The number of furan rings is 1. The van der Waals surface area contributed by atoms with Gasteiger partial charge in [0.1, 0.15) is 6.10 Å². The molecule has 2 aliphatic rings. The average molecular weight is 250 g/mol. The molecule has 18 heavy (non-hydrogen) atoms. The lowest BCUT2D eigenvalue weighted by molar-refractivity contribution is -0.943. The highest BCUT2D eigenvalue weighted by Gasteiger charge is 2.41. The van der Waals surface area contributed by atoms with Crippen molar-refractivity contribution in [3.63, 3.8) is 0 Å². The van der Waals surface area contributed by atoms with E-state index in [1.54, 1.807) is 17.0 Å². The number of fused-ring (bicyclic) bond motifs is 2. The summed E-state index contributed by atoms with van der Waals surface area (Å²) in [7, 11) is 2.28. The van der Waals surface area contributed by atoms with E-state index in [1.807, 2.05) is 0 Å². The van der Waals surface area contributed by atoms with Gasteiger partial charge < -0.3 is 14.1 Å². The van der Waals surface area contributed by atoms with E-state index in [4.69, 9.17) is 9.15 Å². The number of hydrogen-bond acceptors (Lipinski definition) is 3. The molecule has 4 nitrogen and oxygen atoms in total. The molecular formula is C14H20NO3+. The van der Waals surface area contributed by atoms with Crippen LogP contribution in [-0.2, 0) is 4.74 Å². The first kappa shape index (κ1) is 11.8. The summed E-state index contributed by atoms with van der Waals surface area (Å²) in [5.41, 5.74) is 0. The highest BCUT2D eigenvalue weighted by molar-refractivity contribution is 5.86. The van der Waals surface area contributed by atoms with Gasteiger partial charge in [0.25, 0.3) is 0 Å². The maximum Gasteiger partial charge on any atom is 0.374 e. The van der Waals surface area contributed by atoms with Crippen molar-refractivity contribution in [2.45, 2.75) is 50.3 Å². The third kappa shape index (κ3) is 2.17. The second-order valence-corrected chi connectivity index (χ2v) is 5.54. The Kier molecular flexibility index (Phi) is 3.12. The van der Waals surface area contributed by atoms with Crippen LogP contribution in [0.15, 0.2) is 22.8 Å². The lowest BCUT2D eigenvalue weighted by atomic mass is 9.83. The van der Waals surface area contributed by atoms with Gasteiger partial charge in [-0.15, -0.1) is 0 Å². The molecule has 4 heteroatoms. The minimum Gasteiger partial charge on any atom is -0.457 e. The number of esters is 1. The molecule has 0 aromatic carbocycles. The predicted molar refractivity (Wildman–Crippen MR) is 65.5 cm³/mol. The van der Waals surface area contributed by atoms with Gasteiger partial charge in [-0.05, 0) is 31.4 Å². The van der Waals surface area contributed by atoms with E-state index in [2.05, 4.69) is 7.05 Å². The summed E-state index contributed by atoms with van der Waals surface area (Å²) >= 11 is 0. The van der Waals surface area contributed by atoms with Crippen LogP contribution in [0.5, 0.6) is 0 Å². The lowest BCUT2D eigenvalue weighted by Gasteiger charge is -2.43. The molecule has 98 valence electrons. The number of carbonyl (C=O) groups excluding carboxylic acids is 1. The summed E-state index contributed by atoms with van der Waals surface area (Å²) in [6.45, 7) is 0. The zero-order chi connectivity index (χ0) is 12.5. The molecule has 1 N–H and O–H groups in total. The Hall–Kier alpha value is -1.29. The van der Waals surface area contributed by atoms with Crippen LogP contribution in [-0.4, -0.2) is 31.2 Å². The fourth-order valence-corrected chi connectivity index (χ4v) is 3.44. The van der Waals surface area contributed by atoms with Crippen molar-refractivity contribution >= 4 is 5.97 Å². The maximum absolute atomic E-state index is 11.9. The van der Waals surface area contributed by atoms with E-state index < -0.39 is 0 Å². The molecule has 2 unspecified atom stereocenters. The molecule has 3 heterocycles. The minimum absolute atomic E-state index is 0.0709. The summed E-state index contributed by atoms with van der Waals surface area (Å²) in [4.78, 5) is 13.5. The molecule has 0 amide bonds. The van der Waals surface area contributed by atoms with Crippen molar-refractivity contribution in [2.75, 3.05) is 7.05 Å². The van der Waals surface area contributed by atoms with Crippen LogP contribution in [0.25, 0.3) is 0 Å². The molecule has 0 aliphatic carbocycles. The fraction of sp³-hybridized carbons (Fsp3) is 0.643. The summed E-state index contributed by atoms with van der Waals surface area (Å²) in [5, 5.41) is 0. The van der Waals surface area contributed by atoms with Crippen LogP contribution >= 0.6 is 0 Å². The summed E-state index contributed by atoms with van der Waals surface area (Å²) < 4.78 is 10.6. The third-order valence-electron chi connectivity index (χ3n) is 4.48. The Morgan fingerprint density at radius 1 is 1.39 bits per heavy atom. The Balaban J connectivity index is 1.63. The van der Waals surface area contributed by atoms with Crippen LogP contribution in [0.3, 0.4) is 0 Å². The molecule has 0 radical (unpaired) electrons. The molecule has 2 fully saturated rings. The number of hydrogen-bond donors (Lipinski definition) is 1. The van der Waals surface area contributed by atoms with E-state index in [0.29, 0.717) is 17.8 Å². The molecule has 4 atom stereocenters. The number of ether oxygens (including phenoxy) is 1. The summed E-state index contributed by atoms with van der Waals surface area (Å²) in [5.74, 6) is -0.00550. The van der Waals surface area contributed by atoms with Gasteiger partial charge in [0.2, 0.25) is 5.76 Å². The maximum atomic E-state index is 11.9. The van der Waals surface area contributed by atoms with Crippen LogP contribution < -0.4 is 4.90 Å². The Morgan fingerprint density at radius 3 is 2.72 bits per heavy atom. The van der Waals surface area contributed by atoms with Crippen LogP contribution in [0.4, 0.5) is 0 Å². The highest BCUT2D eigenvalue weighted by Crippen LogP contribution is 2.24. The zero-order valence-electron chi connectivity index (χ0n) is 10.7. The summed E-state index contributed by atoms with van der Waals surface area (Å²) in [6.07, 6.45) is 7.41. The van der Waals surface area contributed by atoms with Crippen LogP contribution in [0.1, 0.15) is 42.7 Å². The molecule has 2 saturated heterocycles. The Morgan fingerprint density at radius 2 is 2.11 bits per heavy atom. The van der Waals surface area contributed by atoms with Gasteiger partial charge in [0, 0.05) is 12.8 Å². The van der Waals surface area contributed by atoms with E-state index >= 15 is 0 Å². The standard InChI is InChI=1S/C14H19NO3/c1-15-10-4-2-5-11(15)9-12(8-10)18-14(16)13-6-3-7-17-13/h3,6-7,10-12H,2,4-5,8-9H2,1H3/p+1/t10-,11+,12?. The van der Waals surface area contributed by atoms with Crippen molar-refractivity contribution in [3.8, 4) is 0 Å². The largest absolute Gasteiger partial charge is 0.457 e. The number of carbonyl (C=O) groups is 1. The van der Waals surface area contributed by atoms with E-state index in [-0.39, 0.29) is 12.1 Å². The first-order chi connectivity index (χ1) is 8.74. The Labute approximate surface area is 107 Å². The SMILES string of the molecule is C[NH+]1[C@@H]2CCC[C@H]1CC(OC(=O)c1ccco1)C2. The predicted octanol–water partition coefficient (Wildman–Crippen LogP) is 1.03. The van der Waals surface area contributed by atoms with Crippen molar-refractivity contribution in [1.29, 1.82) is 0 Å². The van der Waals surface area contributed by atoms with E-state index in [0.717, 1.165) is 12.8 Å². The van der Waals surface area contributed by atoms with Gasteiger partial charge in [-0.2, -0.15) is 0 Å². The van der Waals surface area contributed by atoms with Gasteiger partial charge in [0.05, 0.1) is 25.4 Å². The minimum atomic E-state index is -0.317. The second kappa shape index (κ2) is 4.76. The second-order valence-electron chi connectivity index (χ2n) is 5.54. The van der Waals surface area contributed by atoms with Crippen LogP contribution in [0.2, 0.25) is 0 Å². The first-order valence-electron chi connectivity index (χ1n) is 6.82.